The molecule has 1 aliphatic carbocycles. The van der Waals surface area contributed by atoms with Crippen molar-refractivity contribution in [1.82, 2.24) is 20.1 Å². The van der Waals surface area contributed by atoms with Crippen LogP contribution in [0.2, 0.25) is 0 Å². The van der Waals surface area contributed by atoms with Crippen LogP contribution in [0.25, 0.3) is 5.52 Å². The number of urea groups is 1. The lowest BCUT2D eigenvalue weighted by molar-refractivity contribution is 0.252. The average molecular weight is 217 g/mol. The van der Waals surface area contributed by atoms with E-state index in [0.717, 1.165) is 18.4 Å². The van der Waals surface area contributed by atoms with Gasteiger partial charge < -0.3 is 10.6 Å². The highest BCUT2D eigenvalue weighted by atomic mass is 16.2. The molecule has 0 unspecified atom stereocenters. The van der Waals surface area contributed by atoms with Crippen LogP contribution in [0.3, 0.4) is 0 Å². The molecule has 2 amide bonds. The molecule has 1 aliphatic rings. The number of aromatic nitrogens is 3. The molecule has 2 aromatic heterocycles. The molecule has 2 aromatic rings. The van der Waals surface area contributed by atoms with E-state index in [1.54, 1.807) is 18.5 Å². The third-order valence-corrected chi connectivity index (χ3v) is 2.46. The first-order chi connectivity index (χ1) is 7.83. The lowest BCUT2D eigenvalue weighted by atomic mass is 10.4. The number of amides is 2. The van der Waals surface area contributed by atoms with Crippen LogP contribution in [0, 0.1) is 0 Å². The minimum Gasteiger partial charge on any atom is -0.335 e. The van der Waals surface area contributed by atoms with E-state index < -0.39 is 0 Å². The Morgan fingerprint density at radius 3 is 3.12 bits per heavy atom. The van der Waals surface area contributed by atoms with Crippen LogP contribution in [0.4, 0.5) is 10.5 Å². The predicted molar refractivity (Wildman–Crippen MR) is 58.2 cm³/mol. The highest BCUT2D eigenvalue weighted by Gasteiger charge is 2.23. The van der Waals surface area contributed by atoms with Crippen molar-refractivity contribution in [2.75, 3.05) is 5.32 Å². The molecule has 3 rings (SSSR count). The van der Waals surface area contributed by atoms with E-state index in [0.29, 0.717) is 11.7 Å². The Hall–Kier alpha value is -2.11. The summed E-state index contributed by atoms with van der Waals surface area (Å²) in [5.41, 5.74) is 1.46. The van der Waals surface area contributed by atoms with Gasteiger partial charge in [-0.1, -0.05) is 0 Å². The van der Waals surface area contributed by atoms with Crippen LogP contribution in [-0.4, -0.2) is 26.9 Å². The number of rotatable bonds is 2. The second kappa shape index (κ2) is 3.48. The normalized spacial score (nSPS) is 15.0. The number of anilines is 1. The minimum absolute atomic E-state index is 0.179. The molecule has 0 bridgehead atoms. The van der Waals surface area contributed by atoms with Crippen LogP contribution < -0.4 is 10.6 Å². The molecule has 0 saturated heterocycles. The summed E-state index contributed by atoms with van der Waals surface area (Å²) in [5, 5.41) is 13.7. The Morgan fingerprint density at radius 2 is 2.31 bits per heavy atom. The smallest absolute Gasteiger partial charge is 0.319 e. The van der Waals surface area contributed by atoms with E-state index in [2.05, 4.69) is 20.8 Å². The fraction of sp³-hybridized carbons (Fsp3) is 0.300. The third-order valence-electron chi connectivity index (χ3n) is 2.46. The van der Waals surface area contributed by atoms with Gasteiger partial charge in [0.25, 0.3) is 0 Å². The third kappa shape index (κ3) is 1.69. The summed E-state index contributed by atoms with van der Waals surface area (Å²) >= 11 is 0. The van der Waals surface area contributed by atoms with E-state index in [1.165, 1.54) is 4.63 Å². The number of carbonyl (C=O) groups excluding carboxylic acids is 1. The molecule has 2 heterocycles. The molecular formula is C10H11N5O. The van der Waals surface area contributed by atoms with Crippen molar-refractivity contribution in [3.63, 3.8) is 0 Å². The van der Waals surface area contributed by atoms with E-state index in [9.17, 15) is 4.79 Å². The van der Waals surface area contributed by atoms with E-state index in [-0.39, 0.29) is 6.03 Å². The van der Waals surface area contributed by atoms with E-state index >= 15 is 0 Å². The van der Waals surface area contributed by atoms with Gasteiger partial charge in [0, 0.05) is 12.2 Å². The van der Waals surface area contributed by atoms with Crippen molar-refractivity contribution in [2.45, 2.75) is 18.9 Å². The van der Waals surface area contributed by atoms with E-state index in [1.807, 2.05) is 6.07 Å². The summed E-state index contributed by atoms with van der Waals surface area (Å²) in [6.07, 6.45) is 5.39. The van der Waals surface area contributed by atoms with Crippen LogP contribution in [0.5, 0.6) is 0 Å². The number of fused-ring (bicyclic) bond motifs is 1. The Morgan fingerprint density at radius 1 is 1.44 bits per heavy atom. The van der Waals surface area contributed by atoms with Crippen LogP contribution in [0.1, 0.15) is 12.8 Å². The number of hydrogen-bond acceptors (Lipinski definition) is 3. The Kier molecular flexibility index (Phi) is 1.99. The molecule has 1 fully saturated rings. The van der Waals surface area contributed by atoms with Gasteiger partial charge in [0.05, 0.1) is 11.9 Å². The molecule has 0 aromatic carbocycles. The van der Waals surface area contributed by atoms with Crippen molar-refractivity contribution < 1.29 is 4.79 Å². The van der Waals surface area contributed by atoms with Gasteiger partial charge in [-0.2, -0.15) is 10.2 Å². The summed E-state index contributed by atoms with van der Waals surface area (Å²) in [6.45, 7) is 0. The zero-order valence-corrected chi connectivity index (χ0v) is 8.55. The van der Waals surface area contributed by atoms with Crippen LogP contribution >= 0.6 is 0 Å². The largest absolute Gasteiger partial charge is 0.335 e. The maximum Gasteiger partial charge on any atom is 0.319 e. The summed E-state index contributed by atoms with van der Waals surface area (Å²) in [4.78, 5) is 11.5. The maximum absolute atomic E-state index is 11.5. The van der Waals surface area contributed by atoms with Crippen molar-refractivity contribution in [2.24, 2.45) is 0 Å². The van der Waals surface area contributed by atoms with Gasteiger partial charge in [0.2, 0.25) is 0 Å². The molecule has 0 aliphatic heterocycles. The SMILES string of the molecule is O=C(Nc1cnn2ncccc12)NC1CC1. The number of nitrogens with zero attached hydrogens (tertiary/aromatic N) is 3. The molecule has 0 atom stereocenters. The second-order valence-electron chi connectivity index (χ2n) is 3.83. The van der Waals surface area contributed by atoms with Crippen LogP contribution in [0.15, 0.2) is 24.5 Å². The Balaban J connectivity index is 1.80. The monoisotopic (exact) mass is 217 g/mol. The lowest BCUT2D eigenvalue weighted by Crippen LogP contribution is -2.30. The van der Waals surface area contributed by atoms with Crippen molar-refractivity contribution in [3.05, 3.63) is 24.5 Å². The predicted octanol–water partition coefficient (Wildman–Crippen LogP) is 1.01. The van der Waals surface area contributed by atoms with Crippen molar-refractivity contribution >= 4 is 17.2 Å². The van der Waals surface area contributed by atoms with Crippen LogP contribution in [-0.2, 0) is 0 Å². The topological polar surface area (TPSA) is 71.3 Å². The standard InChI is InChI=1S/C10H11N5O/c16-10(13-7-3-4-7)14-8-6-12-15-9(8)2-1-5-11-15/h1-2,5-7H,3-4H2,(H2,13,14,16). The Bertz CT molecular complexity index is 531. The van der Waals surface area contributed by atoms with Crippen molar-refractivity contribution in [1.29, 1.82) is 0 Å². The highest BCUT2D eigenvalue weighted by molar-refractivity contribution is 5.93. The highest BCUT2D eigenvalue weighted by Crippen LogP contribution is 2.19. The zero-order chi connectivity index (χ0) is 11.0. The van der Waals surface area contributed by atoms with Gasteiger partial charge in [-0.25, -0.2) is 4.79 Å². The zero-order valence-electron chi connectivity index (χ0n) is 8.55. The summed E-state index contributed by atoms with van der Waals surface area (Å²) < 4.78 is 1.48. The fourth-order valence-electron chi connectivity index (χ4n) is 1.50. The lowest BCUT2D eigenvalue weighted by Gasteiger charge is -2.04. The molecule has 2 N–H and O–H groups in total. The maximum atomic E-state index is 11.5. The van der Waals surface area contributed by atoms with Gasteiger partial charge in [-0.15, -0.1) is 4.63 Å². The minimum atomic E-state index is -0.179. The Labute approximate surface area is 91.6 Å². The average Bonchev–Trinajstić information content (AvgIpc) is 3.00. The first-order valence-electron chi connectivity index (χ1n) is 5.19. The first kappa shape index (κ1) is 9.14. The molecule has 6 heteroatoms. The van der Waals surface area contributed by atoms with Gasteiger partial charge in [0.15, 0.2) is 0 Å². The molecular weight excluding hydrogens is 206 g/mol. The van der Waals surface area contributed by atoms with Gasteiger partial charge >= 0.3 is 6.03 Å². The summed E-state index contributed by atoms with van der Waals surface area (Å²) in [7, 11) is 0. The quantitative estimate of drug-likeness (QED) is 0.788. The fourth-order valence-corrected chi connectivity index (χ4v) is 1.50. The van der Waals surface area contributed by atoms with Gasteiger partial charge in [-0.3, -0.25) is 0 Å². The molecule has 0 radical (unpaired) electrons. The molecule has 1 saturated carbocycles. The van der Waals surface area contributed by atoms with Gasteiger partial charge in [-0.05, 0) is 25.0 Å². The molecule has 16 heavy (non-hydrogen) atoms. The molecule has 82 valence electrons. The number of hydrogen-bond donors (Lipinski definition) is 2. The first-order valence-corrected chi connectivity index (χ1v) is 5.19. The number of carbonyl (C=O) groups is 1. The number of nitrogens with one attached hydrogen (secondary N) is 2. The molecule has 0 spiro atoms. The summed E-state index contributed by atoms with van der Waals surface area (Å²) in [6, 6.07) is 3.83. The summed E-state index contributed by atoms with van der Waals surface area (Å²) in [5.74, 6) is 0. The van der Waals surface area contributed by atoms with Crippen molar-refractivity contribution in [3.8, 4) is 0 Å². The van der Waals surface area contributed by atoms with Gasteiger partial charge in [0.1, 0.15) is 5.52 Å². The van der Waals surface area contributed by atoms with E-state index in [4.69, 9.17) is 0 Å². The second-order valence-corrected chi connectivity index (χ2v) is 3.83. The molecule has 6 nitrogen and oxygen atoms in total.